The van der Waals surface area contributed by atoms with Gasteiger partial charge in [-0.1, -0.05) is 19.1 Å². The number of anilines is 1. The lowest BCUT2D eigenvalue weighted by Crippen LogP contribution is -2.16. The van der Waals surface area contributed by atoms with E-state index in [4.69, 9.17) is 9.47 Å². The van der Waals surface area contributed by atoms with E-state index < -0.39 is 17.6 Å². The van der Waals surface area contributed by atoms with E-state index in [1.165, 1.54) is 13.2 Å². The zero-order chi connectivity index (χ0) is 19.2. The minimum Gasteiger partial charge on any atom is -0.497 e. The molecular weight excluding hydrogens is 347 g/mol. The van der Waals surface area contributed by atoms with Gasteiger partial charge in [0.15, 0.2) is 0 Å². The Morgan fingerprint density at radius 2 is 1.92 bits per heavy atom. The molecule has 26 heavy (non-hydrogen) atoms. The first kappa shape index (κ1) is 19.6. The Morgan fingerprint density at radius 1 is 1.15 bits per heavy atom. The van der Waals surface area contributed by atoms with Gasteiger partial charge in [0.2, 0.25) is 5.91 Å². The number of methoxy groups -OCH3 is 1. The number of amides is 1. The van der Waals surface area contributed by atoms with Gasteiger partial charge >= 0.3 is 6.18 Å². The van der Waals surface area contributed by atoms with Crippen LogP contribution >= 0.6 is 0 Å². The Kier molecular flexibility index (Phi) is 6.49. The van der Waals surface area contributed by atoms with Crippen LogP contribution in [0.1, 0.15) is 24.5 Å². The molecule has 0 aliphatic rings. The van der Waals surface area contributed by atoms with Crippen molar-refractivity contribution in [3.63, 3.8) is 0 Å². The Bertz CT molecular complexity index is 760. The second-order valence-corrected chi connectivity index (χ2v) is 5.63. The number of carbonyl (C=O) groups is 1. The lowest BCUT2D eigenvalue weighted by atomic mass is 10.1. The molecule has 0 bridgehead atoms. The second kappa shape index (κ2) is 8.60. The van der Waals surface area contributed by atoms with Crippen molar-refractivity contribution in [3.05, 3.63) is 53.6 Å². The maximum atomic E-state index is 13.0. The summed E-state index contributed by atoms with van der Waals surface area (Å²) in [5, 5.41) is 2.51. The van der Waals surface area contributed by atoms with Crippen molar-refractivity contribution >= 4 is 11.6 Å². The van der Waals surface area contributed by atoms with Gasteiger partial charge < -0.3 is 14.8 Å². The summed E-state index contributed by atoms with van der Waals surface area (Å²) in [7, 11) is 1.51. The predicted octanol–water partition coefficient (Wildman–Crippen LogP) is 4.68. The lowest BCUT2D eigenvalue weighted by molar-refractivity contribution is -0.137. The highest BCUT2D eigenvalue weighted by Crippen LogP contribution is 2.35. The van der Waals surface area contributed by atoms with Crippen LogP contribution in [0.4, 0.5) is 18.9 Å². The Hall–Kier alpha value is -2.70. The molecule has 0 saturated carbocycles. The maximum Gasteiger partial charge on any atom is 0.416 e. The van der Waals surface area contributed by atoms with Gasteiger partial charge in [-0.2, -0.15) is 13.2 Å². The molecule has 140 valence electrons. The van der Waals surface area contributed by atoms with E-state index in [0.29, 0.717) is 24.3 Å². The van der Waals surface area contributed by atoms with Gasteiger partial charge in [-0.15, -0.1) is 0 Å². The van der Waals surface area contributed by atoms with Crippen molar-refractivity contribution in [3.8, 4) is 11.5 Å². The normalized spacial score (nSPS) is 11.1. The molecule has 0 aliphatic carbocycles. The van der Waals surface area contributed by atoms with E-state index in [9.17, 15) is 18.0 Å². The van der Waals surface area contributed by atoms with Crippen molar-refractivity contribution in [1.29, 1.82) is 0 Å². The van der Waals surface area contributed by atoms with Gasteiger partial charge in [-0.05, 0) is 42.3 Å². The van der Waals surface area contributed by atoms with E-state index in [0.717, 1.165) is 12.1 Å². The fraction of sp³-hybridized carbons (Fsp3) is 0.316. The van der Waals surface area contributed by atoms with Crippen LogP contribution in [0.5, 0.6) is 11.5 Å². The zero-order valence-electron chi connectivity index (χ0n) is 14.5. The van der Waals surface area contributed by atoms with Gasteiger partial charge in [-0.3, -0.25) is 4.79 Å². The predicted molar refractivity (Wildman–Crippen MR) is 92.6 cm³/mol. The van der Waals surface area contributed by atoms with Gasteiger partial charge in [0.1, 0.15) is 11.5 Å². The number of hydrogen-bond acceptors (Lipinski definition) is 3. The first-order chi connectivity index (χ1) is 12.3. The van der Waals surface area contributed by atoms with Crippen LogP contribution < -0.4 is 14.8 Å². The van der Waals surface area contributed by atoms with E-state index >= 15 is 0 Å². The summed E-state index contributed by atoms with van der Waals surface area (Å²) in [5.41, 5.74) is -0.163. The van der Waals surface area contributed by atoms with E-state index in [-0.39, 0.29) is 17.9 Å². The Balaban J connectivity index is 2.20. The van der Waals surface area contributed by atoms with Crippen LogP contribution in [0.3, 0.4) is 0 Å². The average Bonchev–Trinajstić information content (AvgIpc) is 2.59. The molecule has 0 saturated heterocycles. The largest absolute Gasteiger partial charge is 0.497 e. The number of benzene rings is 2. The summed E-state index contributed by atoms with van der Waals surface area (Å²) < 4.78 is 49.4. The number of ether oxygens (including phenoxy) is 2. The summed E-state index contributed by atoms with van der Waals surface area (Å²) >= 11 is 0. The third-order valence-electron chi connectivity index (χ3n) is 3.54. The van der Waals surface area contributed by atoms with Crippen LogP contribution in [-0.2, 0) is 17.4 Å². The maximum absolute atomic E-state index is 13.0. The molecule has 2 rings (SSSR count). The molecule has 2 aromatic carbocycles. The summed E-state index contributed by atoms with van der Waals surface area (Å²) in [5.74, 6) is 0.360. The molecule has 0 aliphatic heterocycles. The second-order valence-electron chi connectivity index (χ2n) is 5.63. The summed E-state index contributed by atoms with van der Waals surface area (Å²) in [4.78, 5) is 12.3. The molecule has 0 unspecified atom stereocenters. The minimum atomic E-state index is -4.50. The van der Waals surface area contributed by atoms with Crippen LogP contribution in [0.2, 0.25) is 0 Å². The smallest absolute Gasteiger partial charge is 0.416 e. The fourth-order valence-corrected chi connectivity index (χ4v) is 2.30. The standard InChI is InChI=1S/C19H20F3NO3/c1-3-9-26-17-8-7-14(19(20,21)22)12-16(17)23-18(24)11-13-5-4-6-15(10-13)25-2/h4-8,10,12H,3,9,11H2,1-2H3,(H,23,24). The molecule has 0 heterocycles. The summed E-state index contributed by atoms with van der Waals surface area (Å²) in [6, 6.07) is 9.95. The van der Waals surface area contributed by atoms with Crippen LogP contribution in [0.25, 0.3) is 0 Å². The van der Waals surface area contributed by atoms with E-state index in [1.807, 2.05) is 6.92 Å². The van der Waals surface area contributed by atoms with E-state index in [1.54, 1.807) is 24.3 Å². The van der Waals surface area contributed by atoms with Crippen LogP contribution in [0, 0.1) is 0 Å². The van der Waals surface area contributed by atoms with Crippen molar-refractivity contribution in [1.82, 2.24) is 0 Å². The van der Waals surface area contributed by atoms with Gasteiger partial charge in [0, 0.05) is 0 Å². The summed E-state index contributed by atoms with van der Waals surface area (Å²) in [6.07, 6.45) is -3.81. The number of carbonyl (C=O) groups excluding carboxylic acids is 1. The minimum absolute atomic E-state index is 0.000658. The van der Waals surface area contributed by atoms with Crippen molar-refractivity contribution in [2.75, 3.05) is 19.0 Å². The molecule has 1 N–H and O–H groups in total. The lowest BCUT2D eigenvalue weighted by Gasteiger charge is -2.15. The molecule has 0 spiro atoms. The Morgan fingerprint density at radius 3 is 2.58 bits per heavy atom. The van der Waals surface area contributed by atoms with Gasteiger partial charge in [0.05, 0.1) is 31.4 Å². The number of nitrogens with one attached hydrogen (secondary N) is 1. The van der Waals surface area contributed by atoms with Crippen molar-refractivity contribution in [2.45, 2.75) is 25.9 Å². The highest BCUT2D eigenvalue weighted by Gasteiger charge is 2.31. The van der Waals surface area contributed by atoms with E-state index in [2.05, 4.69) is 5.32 Å². The molecular formula is C19H20F3NO3. The van der Waals surface area contributed by atoms with Crippen molar-refractivity contribution < 1.29 is 27.4 Å². The number of rotatable bonds is 7. The molecule has 7 heteroatoms. The zero-order valence-corrected chi connectivity index (χ0v) is 14.5. The molecule has 0 atom stereocenters. The first-order valence-electron chi connectivity index (χ1n) is 8.10. The third-order valence-corrected chi connectivity index (χ3v) is 3.54. The fourth-order valence-electron chi connectivity index (χ4n) is 2.30. The first-order valence-corrected chi connectivity index (χ1v) is 8.10. The molecule has 0 aromatic heterocycles. The molecule has 2 aromatic rings. The van der Waals surface area contributed by atoms with Crippen LogP contribution in [0.15, 0.2) is 42.5 Å². The monoisotopic (exact) mass is 367 g/mol. The summed E-state index contributed by atoms with van der Waals surface area (Å²) in [6.45, 7) is 2.22. The molecule has 1 amide bonds. The average molecular weight is 367 g/mol. The highest BCUT2D eigenvalue weighted by molar-refractivity contribution is 5.93. The number of halogens is 3. The third kappa shape index (κ3) is 5.40. The topological polar surface area (TPSA) is 47.6 Å². The van der Waals surface area contributed by atoms with Crippen LogP contribution in [-0.4, -0.2) is 19.6 Å². The Labute approximate surface area is 149 Å². The quantitative estimate of drug-likeness (QED) is 0.773. The van der Waals surface area contributed by atoms with Gasteiger partial charge in [-0.25, -0.2) is 0 Å². The van der Waals surface area contributed by atoms with Crippen molar-refractivity contribution in [2.24, 2.45) is 0 Å². The van der Waals surface area contributed by atoms with Gasteiger partial charge in [0.25, 0.3) is 0 Å². The molecule has 4 nitrogen and oxygen atoms in total. The number of hydrogen-bond donors (Lipinski definition) is 1. The number of alkyl halides is 3. The highest BCUT2D eigenvalue weighted by atomic mass is 19.4. The molecule has 0 radical (unpaired) electrons. The SMILES string of the molecule is CCCOc1ccc(C(F)(F)F)cc1NC(=O)Cc1cccc(OC)c1. The molecule has 0 fully saturated rings.